The summed E-state index contributed by atoms with van der Waals surface area (Å²) in [6.07, 6.45) is 4.39. The number of carbonyl (C=O) groups is 1. The first-order chi connectivity index (χ1) is 11.8. The van der Waals surface area contributed by atoms with Crippen LogP contribution < -0.4 is 0 Å². The van der Waals surface area contributed by atoms with Crippen LogP contribution in [0.4, 0.5) is 4.39 Å². The van der Waals surface area contributed by atoms with Crippen LogP contribution in [0.15, 0.2) is 36.5 Å². The number of rotatable bonds is 4. The molecular weight excluding hydrogens is 319 g/mol. The van der Waals surface area contributed by atoms with Gasteiger partial charge in [0.05, 0.1) is 5.60 Å². The normalized spacial score (nSPS) is 16.2. The summed E-state index contributed by atoms with van der Waals surface area (Å²) in [5.41, 5.74) is 1.65. The number of likely N-dealkylation sites (tertiary alicyclic amines) is 1. The zero-order valence-corrected chi connectivity index (χ0v) is 14.8. The van der Waals surface area contributed by atoms with Crippen LogP contribution in [0.25, 0.3) is 11.1 Å². The Morgan fingerprint density at radius 3 is 2.48 bits per heavy atom. The van der Waals surface area contributed by atoms with Crippen molar-refractivity contribution in [3.8, 4) is 11.1 Å². The van der Waals surface area contributed by atoms with E-state index in [9.17, 15) is 14.3 Å². The monoisotopic (exact) mass is 344 g/mol. The van der Waals surface area contributed by atoms with E-state index in [4.69, 9.17) is 0 Å². The van der Waals surface area contributed by atoms with Gasteiger partial charge in [0.15, 0.2) is 0 Å². The molecule has 0 unspecified atom stereocenters. The quantitative estimate of drug-likeness (QED) is 0.885. The first-order valence-corrected chi connectivity index (χ1v) is 8.78. The smallest absolute Gasteiger partial charge is 0.270 e. The number of carbonyl (C=O) groups excluding carboxylic acids is 1. The van der Waals surface area contributed by atoms with Crippen molar-refractivity contribution in [3.05, 3.63) is 48.0 Å². The largest absolute Gasteiger partial charge is 0.390 e. The summed E-state index contributed by atoms with van der Waals surface area (Å²) in [7, 11) is 0. The van der Waals surface area contributed by atoms with Gasteiger partial charge in [-0.1, -0.05) is 12.1 Å². The molecular formula is C20H25FN2O2. The minimum Gasteiger partial charge on any atom is -0.390 e. The molecule has 1 fully saturated rings. The van der Waals surface area contributed by atoms with Crippen LogP contribution in [-0.4, -0.2) is 39.6 Å². The number of hydrogen-bond acceptors (Lipinski definition) is 2. The number of aromatic amines is 1. The van der Waals surface area contributed by atoms with E-state index in [0.29, 0.717) is 24.7 Å². The van der Waals surface area contributed by atoms with Crippen LogP contribution in [0, 0.1) is 11.7 Å². The number of hydrogen-bond donors (Lipinski definition) is 2. The third-order valence-corrected chi connectivity index (χ3v) is 4.78. The highest BCUT2D eigenvalue weighted by Crippen LogP contribution is 2.27. The van der Waals surface area contributed by atoms with Crippen molar-refractivity contribution in [2.45, 2.75) is 38.7 Å². The van der Waals surface area contributed by atoms with E-state index < -0.39 is 5.60 Å². The van der Waals surface area contributed by atoms with Crippen LogP contribution in [0.5, 0.6) is 0 Å². The number of halogens is 1. The summed E-state index contributed by atoms with van der Waals surface area (Å²) in [6.45, 7) is 5.09. The number of nitrogens with zero attached hydrogens (tertiary/aromatic N) is 1. The minimum absolute atomic E-state index is 0.00456. The Kier molecular flexibility index (Phi) is 4.95. The Labute approximate surface area is 147 Å². The highest BCUT2D eigenvalue weighted by Gasteiger charge is 2.27. The van der Waals surface area contributed by atoms with Crippen molar-refractivity contribution in [2.24, 2.45) is 5.92 Å². The van der Waals surface area contributed by atoms with Crippen molar-refractivity contribution in [3.63, 3.8) is 0 Å². The lowest BCUT2D eigenvalue weighted by Gasteiger charge is -2.34. The predicted molar refractivity (Wildman–Crippen MR) is 95.7 cm³/mol. The van der Waals surface area contributed by atoms with Gasteiger partial charge in [-0.2, -0.15) is 0 Å². The highest BCUT2D eigenvalue weighted by molar-refractivity contribution is 5.94. The summed E-state index contributed by atoms with van der Waals surface area (Å²) in [4.78, 5) is 17.6. The second kappa shape index (κ2) is 7.00. The summed E-state index contributed by atoms with van der Waals surface area (Å²) < 4.78 is 13.0. The molecule has 1 aromatic heterocycles. The summed E-state index contributed by atoms with van der Waals surface area (Å²) in [5.74, 6) is 0.182. The number of aliphatic hydroxyl groups is 1. The maximum atomic E-state index is 13.0. The number of piperidine rings is 1. The number of aromatic nitrogens is 1. The van der Waals surface area contributed by atoms with Gasteiger partial charge in [-0.15, -0.1) is 0 Å². The fourth-order valence-corrected chi connectivity index (χ4v) is 3.54. The number of benzene rings is 1. The van der Waals surface area contributed by atoms with Crippen molar-refractivity contribution in [1.82, 2.24) is 9.88 Å². The van der Waals surface area contributed by atoms with E-state index in [0.717, 1.165) is 30.4 Å². The minimum atomic E-state index is -0.652. The second-order valence-electron chi connectivity index (χ2n) is 7.56. The lowest BCUT2D eigenvalue weighted by Crippen LogP contribution is -2.40. The SMILES string of the molecule is CC(C)(O)CC1CCN(C(=O)c2cc(-c3ccc(F)cc3)c[nH]2)CC1. The van der Waals surface area contributed by atoms with Gasteiger partial charge in [0.25, 0.3) is 5.91 Å². The molecule has 0 radical (unpaired) electrons. The summed E-state index contributed by atoms with van der Waals surface area (Å²) >= 11 is 0. The zero-order chi connectivity index (χ0) is 18.0. The van der Waals surface area contributed by atoms with Gasteiger partial charge in [0, 0.05) is 19.3 Å². The number of amides is 1. The predicted octanol–water partition coefficient (Wildman–Crippen LogP) is 3.83. The fraction of sp³-hybridized carbons (Fsp3) is 0.450. The topological polar surface area (TPSA) is 56.3 Å². The lowest BCUT2D eigenvalue weighted by atomic mass is 9.86. The molecule has 5 heteroatoms. The van der Waals surface area contributed by atoms with Gasteiger partial charge in [-0.05, 0) is 68.4 Å². The summed E-state index contributed by atoms with van der Waals surface area (Å²) in [5, 5.41) is 9.94. The highest BCUT2D eigenvalue weighted by atomic mass is 19.1. The Hall–Kier alpha value is -2.14. The van der Waals surface area contributed by atoms with Crippen LogP contribution in [0.2, 0.25) is 0 Å². The maximum Gasteiger partial charge on any atom is 0.270 e. The molecule has 3 rings (SSSR count). The number of H-pyrrole nitrogens is 1. The third kappa shape index (κ3) is 4.48. The molecule has 1 aromatic carbocycles. The van der Waals surface area contributed by atoms with Gasteiger partial charge in [0.1, 0.15) is 11.5 Å². The van der Waals surface area contributed by atoms with E-state index >= 15 is 0 Å². The Balaban J connectivity index is 1.62. The first-order valence-electron chi connectivity index (χ1n) is 8.78. The Morgan fingerprint density at radius 2 is 1.88 bits per heavy atom. The molecule has 0 saturated carbocycles. The molecule has 1 saturated heterocycles. The van der Waals surface area contributed by atoms with Gasteiger partial charge < -0.3 is 15.0 Å². The third-order valence-electron chi connectivity index (χ3n) is 4.78. The van der Waals surface area contributed by atoms with E-state index in [1.807, 2.05) is 24.8 Å². The van der Waals surface area contributed by atoms with Gasteiger partial charge >= 0.3 is 0 Å². The molecule has 2 heterocycles. The van der Waals surface area contributed by atoms with Crippen LogP contribution >= 0.6 is 0 Å². The number of nitrogens with one attached hydrogen (secondary N) is 1. The van der Waals surface area contributed by atoms with Crippen LogP contribution in [0.1, 0.15) is 43.6 Å². The molecule has 2 N–H and O–H groups in total. The molecule has 2 aromatic rings. The van der Waals surface area contributed by atoms with Gasteiger partial charge in [0.2, 0.25) is 0 Å². The average molecular weight is 344 g/mol. The van der Waals surface area contributed by atoms with Crippen molar-refractivity contribution in [2.75, 3.05) is 13.1 Å². The summed E-state index contributed by atoms with van der Waals surface area (Å²) in [6, 6.07) is 8.05. The fourth-order valence-electron chi connectivity index (χ4n) is 3.54. The van der Waals surface area contributed by atoms with E-state index in [2.05, 4.69) is 4.98 Å². The molecule has 0 spiro atoms. The Morgan fingerprint density at radius 1 is 1.24 bits per heavy atom. The zero-order valence-electron chi connectivity index (χ0n) is 14.8. The van der Waals surface area contributed by atoms with Crippen molar-refractivity contribution in [1.29, 1.82) is 0 Å². The molecule has 0 aliphatic carbocycles. The maximum absolute atomic E-state index is 13.0. The second-order valence-corrected chi connectivity index (χ2v) is 7.56. The average Bonchev–Trinajstić information content (AvgIpc) is 3.04. The molecule has 1 aliphatic heterocycles. The van der Waals surface area contributed by atoms with E-state index in [-0.39, 0.29) is 11.7 Å². The van der Waals surface area contributed by atoms with Gasteiger partial charge in [-0.3, -0.25) is 4.79 Å². The van der Waals surface area contributed by atoms with Crippen molar-refractivity contribution >= 4 is 5.91 Å². The molecule has 1 aliphatic rings. The van der Waals surface area contributed by atoms with Gasteiger partial charge in [-0.25, -0.2) is 4.39 Å². The molecule has 25 heavy (non-hydrogen) atoms. The first kappa shape index (κ1) is 17.7. The van der Waals surface area contributed by atoms with E-state index in [1.54, 1.807) is 18.3 Å². The Bertz CT molecular complexity index is 723. The molecule has 1 amide bonds. The lowest BCUT2D eigenvalue weighted by molar-refractivity contribution is 0.0357. The standard InChI is InChI=1S/C20H25FN2O2/c1-20(2,25)12-14-7-9-23(10-8-14)19(24)18-11-16(13-22-18)15-3-5-17(21)6-4-15/h3-6,11,13-14,22,25H,7-10,12H2,1-2H3. The van der Waals surface area contributed by atoms with E-state index in [1.165, 1.54) is 12.1 Å². The molecule has 134 valence electrons. The van der Waals surface area contributed by atoms with Crippen molar-refractivity contribution < 1.29 is 14.3 Å². The molecule has 0 bridgehead atoms. The molecule has 4 nitrogen and oxygen atoms in total. The molecule has 0 atom stereocenters. The van der Waals surface area contributed by atoms with Crippen LogP contribution in [-0.2, 0) is 0 Å². The van der Waals surface area contributed by atoms with Crippen LogP contribution in [0.3, 0.4) is 0 Å².